The molecule has 0 aliphatic rings. The van der Waals surface area contributed by atoms with E-state index in [0.717, 1.165) is 17.1 Å². The van der Waals surface area contributed by atoms with Crippen molar-refractivity contribution in [3.05, 3.63) is 11.9 Å². The van der Waals surface area contributed by atoms with E-state index in [1.54, 1.807) is 0 Å². The van der Waals surface area contributed by atoms with Gasteiger partial charge in [-0.15, -0.1) is 5.10 Å². The molecule has 2 N–H and O–H groups in total. The first-order chi connectivity index (χ1) is 8.78. The van der Waals surface area contributed by atoms with Crippen LogP contribution >= 0.6 is 0 Å². The first-order valence-corrected chi connectivity index (χ1v) is 7.42. The predicted molar refractivity (Wildman–Crippen MR) is 64.3 cm³/mol. The van der Waals surface area contributed by atoms with Crippen molar-refractivity contribution in [3.8, 4) is 0 Å². The fourth-order valence-electron chi connectivity index (χ4n) is 1.24. The zero-order valence-electron chi connectivity index (χ0n) is 10.2. The molecule has 106 valence electrons. The molecular formula is C9H14N4O5S. The van der Waals surface area contributed by atoms with Crippen LogP contribution < -0.4 is 5.32 Å². The second-order valence-corrected chi connectivity index (χ2v) is 6.20. The molecule has 0 atom stereocenters. The van der Waals surface area contributed by atoms with Gasteiger partial charge >= 0.3 is 5.97 Å². The van der Waals surface area contributed by atoms with Crippen LogP contribution in [-0.4, -0.2) is 58.9 Å². The second-order valence-electron chi connectivity index (χ2n) is 3.94. The number of hydrogen-bond acceptors (Lipinski definition) is 6. The van der Waals surface area contributed by atoms with Gasteiger partial charge in [-0.1, -0.05) is 5.21 Å². The molecule has 0 spiro atoms. The summed E-state index contributed by atoms with van der Waals surface area (Å²) >= 11 is 0. The fourth-order valence-corrected chi connectivity index (χ4v) is 1.91. The van der Waals surface area contributed by atoms with E-state index in [0.29, 0.717) is 6.42 Å². The average Bonchev–Trinajstić information content (AvgIpc) is 2.71. The Hall–Kier alpha value is -1.97. The highest BCUT2D eigenvalue weighted by Crippen LogP contribution is 1.93. The van der Waals surface area contributed by atoms with Crippen LogP contribution in [0.1, 0.15) is 16.9 Å². The Morgan fingerprint density at radius 2 is 2.16 bits per heavy atom. The molecule has 0 radical (unpaired) electrons. The summed E-state index contributed by atoms with van der Waals surface area (Å²) in [5.74, 6) is -1.62. The van der Waals surface area contributed by atoms with Gasteiger partial charge in [-0.2, -0.15) is 0 Å². The van der Waals surface area contributed by atoms with Crippen molar-refractivity contribution in [1.82, 2.24) is 20.3 Å². The maximum atomic E-state index is 11.4. The number of carbonyl (C=O) groups excluding carboxylic acids is 1. The largest absolute Gasteiger partial charge is 0.476 e. The van der Waals surface area contributed by atoms with Gasteiger partial charge in [0.25, 0.3) is 0 Å². The van der Waals surface area contributed by atoms with Gasteiger partial charge in [-0.3, -0.25) is 4.79 Å². The van der Waals surface area contributed by atoms with Gasteiger partial charge in [0.05, 0.1) is 11.9 Å². The molecule has 0 aromatic carbocycles. The maximum absolute atomic E-state index is 11.4. The molecule has 0 aliphatic heterocycles. The summed E-state index contributed by atoms with van der Waals surface area (Å²) < 4.78 is 22.8. The molecule has 9 nitrogen and oxygen atoms in total. The van der Waals surface area contributed by atoms with Crippen molar-refractivity contribution < 1.29 is 23.1 Å². The molecular weight excluding hydrogens is 276 g/mol. The van der Waals surface area contributed by atoms with Crippen LogP contribution in [0.2, 0.25) is 0 Å². The number of carboxylic acid groups (broad SMARTS) is 1. The first-order valence-electron chi connectivity index (χ1n) is 5.36. The third-order valence-corrected chi connectivity index (χ3v) is 3.11. The summed E-state index contributed by atoms with van der Waals surface area (Å²) in [7, 11) is -3.03. The maximum Gasteiger partial charge on any atom is 0.358 e. The monoisotopic (exact) mass is 290 g/mol. The predicted octanol–water partition coefficient (Wildman–Crippen LogP) is -1.47. The van der Waals surface area contributed by atoms with E-state index < -0.39 is 21.7 Å². The van der Waals surface area contributed by atoms with E-state index in [1.807, 2.05) is 0 Å². The lowest BCUT2D eigenvalue weighted by Gasteiger charge is -2.04. The fraction of sp³-hybridized carbons (Fsp3) is 0.556. The molecule has 0 fully saturated rings. The van der Waals surface area contributed by atoms with Gasteiger partial charge in [0, 0.05) is 12.8 Å². The Kier molecular flexibility index (Phi) is 4.98. The summed E-state index contributed by atoms with van der Waals surface area (Å²) in [4.78, 5) is 22.0. The molecule has 0 saturated carbocycles. The van der Waals surface area contributed by atoms with Crippen molar-refractivity contribution in [2.45, 2.75) is 13.0 Å². The normalized spacial score (nSPS) is 11.2. The summed E-state index contributed by atoms with van der Waals surface area (Å²) in [5.41, 5.74) is -0.245. The number of aromatic nitrogens is 3. The smallest absolute Gasteiger partial charge is 0.358 e. The Morgan fingerprint density at radius 1 is 1.47 bits per heavy atom. The van der Waals surface area contributed by atoms with Gasteiger partial charge in [0.1, 0.15) is 16.4 Å². The number of carbonyl (C=O) groups is 2. The number of rotatable bonds is 7. The van der Waals surface area contributed by atoms with Gasteiger partial charge in [-0.05, 0) is 6.42 Å². The number of nitrogens with one attached hydrogen (secondary N) is 1. The zero-order chi connectivity index (χ0) is 14.5. The van der Waals surface area contributed by atoms with Crippen LogP contribution in [0.25, 0.3) is 0 Å². The minimum atomic E-state index is -3.03. The molecule has 0 unspecified atom stereocenters. The molecule has 1 amide bonds. The highest BCUT2D eigenvalue weighted by Gasteiger charge is 2.10. The number of aromatic carboxylic acids is 1. The Morgan fingerprint density at radius 3 is 2.68 bits per heavy atom. The van der Waals surface area contributed by atoms with Crippen LogP contribution in [0, 0.1) is 0 Å². The van der Waals surface area contributed by atoms with Crippen LogP contribution in [0.5, 0.6) is 0 Å². The molecule has 1 aromatic heterocycles. The SMILES string of the molecule is CS(=O)(=O)CCCNC(=O)Cn1cc(C(=O)O)nn1. The summed E-state index contributed by atoms with van der Waals surface area (Å²) in [6, 6.07) is 0. The van der Waals surface area contributed by atoms with Gasteiger partial charge in [0.2, 0.25) is 5.91 Å². The number of sulfone groups is 1. The third kappa shape index (κ3) is 5.95. The zero-order valence-corrected chi connectivity index (χ0v) is 11.1. The second kappa shape index (κ2) is 6.27. The molecule has 1 aromatic rings. The lowest BCUT2D eigenvalue weighted by atomic mass is 10.4. The van der Waals surface area contributed by atoms with Gasteiger partial charge in [-0.25, -0.2) is 17.9 Å². The van der Waals surface area contributed by atoms with Crippen molar-refractivity contribution in [1.29, 1.82) is 0 Å². The first kappa shape index (κ1) is 15.1. The van der Waals surface area contributed by atoms with E-state index in [4.69, 9.17) is 5.11 Å². The molecule has 19 heavy (non-hydrogen) atoms. The van der Waals surface area contributed by atoms with E-state index in [9.17, 15) is 18.0 Å². The minimum Gasteiger partial charge on any atom is -0.476 e. The number of amides is 1. The van der Waals surface area contributed by atoms with Gasteiger partial charge < -0.3 is 10.4 Å². The lowest BCUT2D eigenvalue weighted by molar-refractivity contribution is -0.121. The molecule has 1 rings (SSSR count). The van der Waals surface area contributed by atoms with Crippen molar-refractivity contribution in [3.63, 3.8) is 0 Å². The van der Waals surface area contributed by atoms with Crippen LogP contribution in [0.4, 0.5) is 0 Å². The number of carboxylic acids is 1. The Labute approximate surface area is 109 Å². The van der Waals surface area contributed by atoms with Gasteiger partial charge in [0.15, 0.2) is 5.69 Å². The van der Waals surface area contributed by atoms with Crippen LogP contribution in [0.15, 0.2) is 6.20 Å². The summed E-state index contributed by atoms with van der Waals surface area (Å²) in [6.07, 6.45) is 2.58. The van der Waals surface area contributed by atoms with E-state index in [2.05, 4.69) is 15.6 Å². The van der Waals surface area contributed by atoms with Crippen LogP contribution in [0.3, 0.4) is 0 Å². The molecule has 0 saturated heterocycles. The highest BCUT2D eigenvalue weighted by molar-refractivity contribution is 7.90. The Bertz CT molecular complexity index is 565. The summed E-state index contributed by atoms with van der Waals surface area (Å²) in [5, 5.41) is 17.9. The molecule has 0 aliphatic carbocycles. The van der Waals surface area contributed by atoms with E-state index >= 15 is 0 Å². The van der Waals surface area contributed by atoms with Crippen LogP contribution in [-0.2, 0) is 21.2 Å². The van der Waals surface area contributed by atoms with Crippen molar-refractivity contribution in [2.75, 3.05) is 18.6 Å². The van der Waals surface area contributed by atoms with Crippen molar-refractivity contribution in [2.24, 2.45) is 0 Å². The molecule has 1 heterocycles. The third-order valence-electron chi connectivity index (χ3n) is 2.08. The standard InChI is InChI=1S/C9H14N4O5S/c1-19(17,18)4-2-3-10-8(14)6-13-5-7(9(15)16)11-12-13/h5H,2-4,6H2,1H3,(H,10,14)(H,15,16). The number of hydrogen-bond donors (Lipinski definition) is 2. The molecule has 10 heteroatoms. The average molecular weight is 290 g/mol. The lowest BCUT2D eigenvalue weighted by Crippen LogP contribution is -2.29. The quantitative estimate of drug-likeness (QED) is 0.586. The molecule has 0 bridgehead atoms. The van der Waals surface area contributed by atoms with E-state index in [-0.39, 0.29) is 24.5 Å². The number of nitrogens with zero attached hydrogens (tertiary/aromatic N) is 3. The Balaban J connectivity index is 2.33. The van der Waals surface area contributed by atoms with Crippen molar-refractivity contribution >= 4 is 21.7 Å². The summed E-state index contributed by atoms with van der Waals surface area (Å²) in [6.45, 7) is 0.0611. The minimum absolute atomic E-state index is 0.000230. The van der Waals surface area contributed by atoms with E-state index in [1.165, 1.54) is 0 Å². The highest BCUT2D eigenvalue weighted by atomic mass is 32.2. The topological polar surface area (TPSA) is 131 Å².